The van der Waals surface area contributed by atoms with Crippen LogP contribution < -0.4 is 15.0 Å². The Kier molecular flexibility index (Phi) is 7.24. The largest absolute Gasteiger partial charge is 0.573 e. The molecular weight excluding hydrogens is 427 g/mol. The minimum atomic E-state index is -4.79. The molecule has 0 atom stereocenters. The van der Waals surface area contributed by atoms with Gasteiger partial charge in [0.15, 0.2) is 0 Å². The number of methoxy groups -OCH3 is 1. The summed E-state index contributed by atoms with van der Waals surface area (Å²) >= 11 is 0. The summed E-state index contributed by atoms with van der Waals surface area (Å²) in [5, 5.41) is 2.76. The first kappa shape index (κ1) is 23.4. The maximum atomic E-state index is 13.2. The monoisotopic (exact) mass is 451 g/mol. The number of hydrogen-bond donors (Lipinski definition) is 1. The van der Waals surface area contributed by atoms with Gasteiger partial charge in [0.2, 0.25) is 5.91 Å². The van der Waals surface area contributed by atoms with E-state index in [4.69, 9.17) is 4.74 Å². The molecule has 0 saturated carbocycles. The van der Waals surface area contributed by atoms with Crippen LogP contribution >= 0.6 is 0 Å². The standard InChI is InChI=1S/C22H24F3N3O4/c1-15-7-8-19(18(11-15)26-20(29)14-31-2)28-10-4-9-27(21(28)30)13-16-5-3-6-17(12-16)32-22(23,24)25/h3,5-8,11-12H,4,9-10,13-14H2,1-2H3,(H,26,29). The Labute approximate surface area is 183 Å². The van der Waals surface area contributed by atoms with Crippen molar-refractivity contribution < 1.29 is 32.2 Å². The van der Waals surface area contributed by atoms with E-state index in [9.17, 15) is 22.8 Å². The second-order valence-corrected chi connectivity index (χ2v) is 7.41. The van der Waals surface area contributed by atoms with E-state index in [1.165, 1.54) is 25.3 Å². The lowest BCUT2D eigenvalue weighted by atomic mass is 10.1. The first-order valence-corrected chi connectivity index (χ1v) is 9.97. The van der Waals surface area contributed by atoms with Gasteiger partial charge in [0.25, 0.3) is 0 Å². The number of nitrogens with one attached hydrogen (secondary N) is 1. The van der Waals surface area contributed by atoms with E-state index < -0.39 is 6.36 Å². The van der Waals surface area contributed by atoms with Gasteiger partial charge in [-0.05, 0) is 48.7 Å². The Hall–Kier alpha value is -3.27. The van der Waals surface area contributed by atoms with E-state index >= 15 is 0 Å². The van der Waals surface area contributed by atoms with Crippen molar-refractivity contribution in [1.82, 2.24) is 4.90 Å². The average molecular weight is 451 g/mol. The fourth-order valence-electron chi connectivity index (χ4n) is 3.52. The third kappa shape index (κ3) is 6.13. The quantitative estimate of drug-likeness (QED) is 0.681. The van der Waals surface area contributed by atoms with Gasteiger partial charge in [-0.2, -0.15) is 0 Å². The number of ether oxygens (including phenoxy) is 2. The average Bonchev–Trinajstić information content (AvgIpc) is 2.69. The van der Waals surface area contributed by atoms with E-state index in [1.807, 2.05) is 13.0 Å². The van der Waals surface area contributed by atoms with Gasteiger partial charge in [-0.15, -0.1) is 13.2 Å². The van der Waals surface area contributed by atoms with E-state index in [0.29, 0.717) is 36.4 Å². The minimum Gasteiger partial charge on any atom is -0.406 e. The number of carbonyl (C=O) groups excluding carboxylic acids is 2. The first-order valence-electron chi connectivity index (χ1n) is 9.97. The van der Waals surface area contributed by atoms with E-state index in [1.54, 1.807) is 28.0 Å². The molecule has 1 aliphatic rings. The first-order chi connectivity index (χ1) is 15.2. The number of amides is 3. The van der Waals surface area contributed by atoms with E-state index in [-0.39, 0.29) is 30.8 Å². The molecule has 7 nitrogen and oxygen atoms in total. The number of alkyl halides is 3. The van der Waals surface area contributed by atoms with Crippen molar-refractivity contribution in [2.24, 2.45) is 0 Å². The smallest absolute Gasteiger partial charge is 0.406 e. The molecule has 0 unspecified atom stereocenters. The Bertz CT molecular complexity index is 981. The molecule has 0 radical (unpaired) electrons. The Morgan fingerprint density at radius 1 is 1.16 bits per heavy atom. The highest BCUT2D eigenvalue weighted by Gasteiger charge is 2.32. The van der Waals surface area contributed by atoms with Crippen LogP contribution in [0.25, 0.3) is 0 Å². The number of urea groups is 1. The molecule has 0 aromatic heterocycles. The number of benzene rings is 2. The molecule has 3 amide bonds. The lowest BCUT2D eigenvalue weighted by Gasteiger charge is -2.36. The second kappa shape index (κ2) is 9.90. The zero-order chi connectivity index (χ0) is 23.3. The highest BCUT2D eigenvalue weighted by Crippen LogP contribution is 2.31. The van der Waals surface area contributed by atoms with Crippen LogP contribution in [0.5, 0.6) is 5.75 Å². The topological polar surface area (TPSA) is 71.1 Å². The molecule has 0 bridgehead atoms. The van der Waals surface area contributed by atoms with Crippen LogP contribution in [0.4, 0.5) is 29.3 Å². The van der Waals surface area contributed by atoms with Gasteiger partial charge in [-0.1, -0.05) is 18.2 Å². The van der Waals surface area contributed by atoms with Crippen LogP contribution in [0.15, 0.2) is 42.5 Å². The number of nitrogens with zero attached hydrogens (tertiary/aromatic N) is 2. The lowest BCUT2D eigenvalue weighted by Crippen LogP contribution is -2.49. The molecule has 2 aromatic carbocycles. The van der Waals surface area contributed by atoms with E-state index in [2.05, 4.69) is 10.1 Å². The molecule has 1 fully saturated rings. The summed E-state index contributed by atoms with van der Waals surface area (Å²) in [7, 11) is 1.41. The highest BCUT2D eigenvalue weighted by atomic mass is 19.4. The van der Waals surface area contributed by atoms with Gasteiger partial charge in [0.05, 0.1) is 11.4 Å². The van der Waals surface area contributed by atoms with Crippen molar-refractivity contribution in [3.63, 3.8) is 0 Å². The van der Waals surface area contributed by atoms with Crippen LogP contribution in [-0.4, -0.2) is 50.0 Å². The third-order valence-electron chi connectivity index (χ3n) is 4.81. The van der Waals surface area contributed by atoms with Gasteiger partial charge >= 0.3 is 12.4 Å². The molecule has 1 saturated heterocycles. The maximum Gasteiger partial charge on any atom is 0.573 e. The number of carbonyl (C=O) groups is 2. The van der Waals surface area contributed by atoms with Crippen molar-refractivity contribution in [2.75, 3.05) is 37.0 Å². The SMILES string of the molecule is COCC(=O)Nc1cc(C)ccc1N1CCCN(Cc2cccc(OC(F)(F)F)c2)C1=O. The summed E-state index contributed by atoms with van der Waals surface area (Å²) in [6, 6.07) is 10.6. The highest BCUT2D eigenvalue weighted by molar-refractivity contribution is 6.01. The zero-order valence-corrected chi connectivity index (χ0v) is 17.7. The van der Waals surface area contributed by atoms with E-state index in [0.717, 1.165) is 5.56 Å². The van der Waals surface area contributed by atoms with Gasteiger partial charge in [0, 0.05) is 26.7 Å². The summed E-state index contributed by atoms with van der Waals surface area (Å²) in [6.45, 7) is 2.78. The van der Waals surface area contributed by atoms with Crippen LogP contribution in [0.3, 0.4) is 0 Å². The summed E-state index contributed by atoms with van der Waals surface area (Å²) in [6.07, 6.45) is -4.13. The molecule has 3 rings (SSSR count). The van der Waals surface area contributed by atoms with Crippen molar-refractivity contribution in [2.45, 2.75) is 26.3 Å². The molecule has 0 spiro atoms. The molecule has 172 valence electrons. The third-order valence-corrected chi connectivity index (χ3v) is 4.81. The van der Waals surface area contributed by atoms with Crippen LogP contribution in [0.1, 0.15) is 17.5 Å². The molecule has 2 aromatic rings. The molecule has 0 aliphatic carbocycles. The molecule has 32 heavy (non-hydrogen) atoms. The second-order valence-electron chi connectivity index (χ2n) is 7.41. The van der Waals surface area contributed by atoms with Gasteiger partial charge < -0.3 is 19.7 Å². The predicted molar refractivity (Wildman–Crippen MR) is 113 cm³/mol. The van der Waals surface area contributed by atoms with Crippen LogP contribution in [-0.2, 0) is 16.1 Å². The van der Waals surface area contributed by atoms with Crippen LogP contribution in [0, 0.1) is 6.92 Å². The van der Waals surface area contributed by atoms with Crippen molar-refractivity contribution >= 4 is 23.3 Å². The van der Waals surface area contributed by atoms with Crippen molar-refractivity contribution in [3.05, 3.63) is 53.6 Å². The fourth-order valence-corrected chi connectivity index (χ4v) is 3.52. The fraction of sp³-hybridized carbons (Fsp3) is 0.364. The number of aryl methyl sites for hydroxylation is 1. The Balaban J connectivity index is 1.79. The molecular formula is C22H24F3N3O4. The Morgan fingerprint density at radius 2 is 1.94 bits per heavy atom. The molecule has 10 heteroatoms. The number of hydrogen-bond acceptors (Lipinski definition) is 4. The molecule has 1 N–H and O–H groups in total. The number of anilines is 2. The van der Waals surface area contributed by atoms with Crippen molar-refractivity contribution in [3.8, 4) is 5.75 Å². The van der Waals surface area contributed by atoms with Gasteiger partial charge in [-0.3, -0.25) is 9.69 Å². The Morgan fingerprint density at radius 3 is 2.66 bits per heavy atom. The lowest BCUT2D eigenvalue weighted by molar-refractivity contribution is -0.274. The molecule has 1 heterocycles. The summed E-state index contributed by atoms with van der Waals surface area (Å²) < 4.78 is 46.3. The summed E-state index contributed by atoms with van der Waals surface area (Å²) in [4.78, 5) is 28.3. The maximum absolute atomic E-state index is 13.2. The van der Waals surface area contributed by atoms with Gasteiger partial charge in [0.1, 0.15) is 12.4 Å². The normalized spacial score (nSPS) is 14.5. The summed E-state index contributed by atoms with van der Waals surface area (Å²) in [5.74, 6) is -0.680. The van der Waals surface area contributed by atoms with Gasteiger partial charge in [-0.25, -0.2) is 4.79 Å². The zero-order valence-electron chi connectivity index (χ0n) is 17.7. The molecule has 1 aliphatic heterocycles. The predicted octanol–water partition coefficient (Wildman–Crippen LogP) is 4.31. The van der Waals surface area contributed by atoms with Crippen LogP contribution in [0.2, 0.25) is 0 Å². The number of halogens is 3. The number of rotatable bonds is 7. The van der Waals surface area contributed by atoms with Crippen molar-refractivity contribution in [1.29, 1.82) is 0 Å². The summed E-state index contributed by atoms with van der Waals surface area (Å²) in [5.41, 5.74) is 2.45. The minimum absolute atomic E-state index is 0.121.